The van der Waals surface area contributed by atoms with Gasteiger partial charge in [0.05, 0.1) is 24.4 Å². The van der Waals surface area contributed by atoms with Gasteiger partial charge in [-0.1, -0.05) is 13.8 Å². The van der Waals surface area contributed by atoms with Gasteiger partial charge < -0.3 is 10.2 Å². The number of fused-ring (bicyclic) bond motifs is 2. The minimum atomic E-state index is -0.294. The van der Waals surface area contributed by atoms with E-state index >= 15 is 0 Å². The van der Waals surface area contributed by atoms with Crippen LogP contribution in [0.2, 0.25) is 0 Å². The molecule has 2 aliphatic rings. The van der Waals surface area contributed by atoms with Gasteiger partial charge in [-0.25, -0.2) is 9.50 Å². The van der Waals surface area contributed by atoms with Crippen LogP contribution in [0.1, 0.15) is 68.2 Å². The average molecular weight is 489 g/mol. The summed E-state index contributed by atoms with van der Waals surface area (Å²) in [6, 6.07) is 7.36. The molecule has 36 heavy (non-hydrogen) atoms. The maximum Gasteiger partial charge on any atom is 0.158 e. The summed E-state index contributed by atoms with van der Waals surface area (Å²) in [5.41, 5.74) is 7.67. The first-order valence-electron chi connectivity index (χ1n) is 13.2. The average Bonchev–Trinajstić information content (AvgIpc) is 3.51. The van der Waals surface area contributed by atoms with Crippen molar-refractivity contribution in [3.8, 4) is 11.1 Å². The largest absolute Gasteiger partial charge is 0.396 e. The van der Waals surface area contributed by atoms with Gasteiger partial charge in [-0.2, -0.15) is 10.2 Å². The molecule has 1 saturated heterocycles. The molecule has 1 aliphatic carbocycles. The quantitative estimate of drug-likeness (QED) is 0.379. The van der Waals surface area contributed by atoms with Crippen LogP contribution >= 0.6 is 0 Å². The lowest BCUT2D eigenvalue weighted by Crippen LogP contribution is -2.63. The second-order valence-electron chi connectivity index (χ2n) is 11.4. The Bertz CT molecular complexity index is 1390. The van der Waals surface area contributed by atoms with E-state index in [4.69, 9.17) is 5.10 Å². The number of nitrogens with one attached hydrogen (secondary N) is 1. The molecule has 0 radical (unpaired) electrons. The lowest BCUT2D eigenvalue weighted by atomic mass is 9.76. The van der Waals surface area contributed by atoms with Crippen molar-refractivity contribution in [2.75, 3.05) is 26.3 Å². The number of nitrogens with zero attached hydrogens (tertiary/aromatic N) is 5. The van der Waals surface area contributed by atoms with E-state index in [0.29, 0.717) is 17.9 Å². The van der Waals surface area contributed by atoms with Gasteiger partial charge in [0.1, 0.15) is 6.33 Å². The fourth-order valence-corrected chi connectivity index (χ4v) is 6.42. The normalized spacial score (nSPS) is 22.5. The van der Waals surface area contributed by atoms with Crippen LogP contribution in [0, 0.1) is 12.3 Å². The first kappa shape index (κ1) is 23.6. The number of rotatable bonds is 6. The Morgan fingerprint density at radius 2 is 1.83 bits per heavy atom. The van der Waals surface area contributed by atoms with E-state index in [1.54, 1.807) is 6.33 Å². The Balaban J connectivity index is 1.26. The van der Waals surface area contributed by atoms with Crippen molar-refractivity contribution in [1.82, 2.24) is 29.7 Å². The molecule has 0 amide bonds. The van der Waals surface area contributed by atoms with Crippen LogP contribution in [0.3, 0.4) is 0 Å². The molecule has 0 atom stereocenters. The van der Waals surface area contributed by atoms with Crippen molar-refractivity contribution in [1.29, 1.82) is 0 Å². The summed E-state index contributed by atoms with van der Waals surface area (Å²) in [5, 5.41) is 33.0. The summed E-state index contributed by atoms with van der Waals surface area (Å²) < 4.78 is 1.86. The predicted octanol–water partition coefficient (Wildman–Crippen LogP) is 4.02. The third-order valence-electron chi connectivity index (χ3n) is 8.60. The number of likely N-dealkylation sites (tertiary alicyclic amines) is 1. The summed E-state index contributed by atoms with van der Waals surface area (Å²) in [6.07, 6.45) is 8.18. The summed E-state index contributed by atoms with van der Waals surface area (Å²) >= 11 is 0. The molecule has 8 nitrogen and oxygen atoms in total. The molecule has 1 saturated carbocycles. The Kier molecular flexibility index (Phi) is 5.85. The molecular formula is C28H36N6O2. The highest BCUT2D eigenvalue weighted by Gasteiger charge is 2.45. The number of pyridine rings is 1. The summed E-state index contributed by atoms with van der Waals surface area (Å²) in [4.78, 5) is 6.81. The molecular weight excluding hydrogens is 452 g/mol. The summed E-state index contributed by atoms with van der Waals surface area (Å²) in [6.45, 7) is 8.34. The van der Waals surface area contributed by atoms with Crippen LogP contribution in [0.5, 0.6) is 0 Å². The highest BCUT2D eigenvalue weighted by molar-refractivity contribution is 5.89. The van der Waals surface area contributed by atoms with Crippen LogP contribution in [0.25, 0.3) is 27.7 Å². The number of aryl methyl sites for hydroxylation is 1. The highest BCUT2D eigenvalue weighted by atomic mass is 16.3. The van der Waals surface area contributed by atoms with Crippen LogP contribution in [-0.4, -0.2) is 72.3 Å². The molecule has 1 aromatic carbocycles. The van der Waals surface area contributed by atoms with E-state index in [1.807, 2.05) is 4.52 Å². The smallest absolute Gasteiger partial charge is 0.158 e. The molecule has 0 unspecified atom stereocenters. The molecule has 3 N–H and O–H groups in total. The molecule has 2 fully saturated rings. The molecule has 4 heterocycles. The fraction of sp³-hybridized carbons (Fsp3) is 0.536. The Hall–Kier alpha value is -2.81. The van der Waals surface area contributed by atoms with Crippen LogP contribution in [0.4, 0.5) is 0 Å². The highest BCUT2D eigenvalue weighted by Crippen LogP contribution is 2.42. The fourth-order valence-electron chi connectivity index (χ4n) is 6.42. The number of aliphatic hydroxyl groups is 2. The maximum atomic E-state index is 9.62. The van der Waals surface area contributed by atoms with E-state index in [-0.39, 0.29) is 18.6 Å². The zero-order chi connectivity index (χ0) is 25.0. The van der Waals surface area contributed by atoms with Gasteiger partial charge in [-0.3, -0.25) is 10.00 Å². The number of aromatic nitrogens is 5. The Morgan fingerprint density at radius 3 is 2.53 bits per heavy atom. The molecule has 190 valence electrons. The second-order valence-corrected chi connectivity index (χ2v) is 11.4. The van der Waals surface area contributed by atoms with Gasteiger partial charge in [0.15, 0.2) is 5.65 Å². The van der Waals surface area contributed by atoms with E-state index in [2.05, 4.69) is 65.2 Å². The third kappa shape index (κ3) is 3.83. The Morgan fingerprint density at radius 1 is 1.08 bits per heavy atom. The van der Waals surface area contributed by atoms with Gasteiger partial charge >= 0.3 is 0 Å². The number of hydrogen-bond acceptors (Lipinski definition) is 6. The molecule has 3 aromatic heterocycles. The zero-order valence-corrected chi connectivity index (χ0v) is 21.4. The van der Waals surface area contributed by atoms with Crippen molar-refractivity contribution in [2.45, 2.75) is 64.3 Å². The topological polar surface area (TPSA) is 103 Å². The molecule has 0 spiro atoms. The number of H-pyrrole nitrogens is 1. The van der Waals surface area contributed by atoms with Crippen LogP contribution in [0.15, 0.2) is 30.7 Å². The van der Waals surface area contributed by atoms with Gasteiger partial charge in [0, 0.05) is 47.6 Å². The number of aromatic amines is 1. The summed E-state index contributed by atoms with van der Waals surface area (Å²) in [5.74, 6) is 0.829. The van der Waals surface area contributed by atoms with Crippen molar-refractivity contribution in [3.63, 3.8) is 0 Å². The minimum Gasteiger partial charge on any atom is -0.396 e. The van der Waals surface area contributed by atoms with E-state index in [0.717, 1.165) is 61.1 Å². The third-order valence-corrected chi connectivity index (χ3v) is 8.60. The molecule has 8 heteroatoms. The lowest BCUT2D eigenvalue weighted by Gasteiger charge is -2.53. The van der Waals surface area contributed by atoms with Gasteiger partial charge in [0.25, 0.3) is 0 Å². The van der Waals surface area contributed by atoms with E-state index in [1.165, 1.54) is 22.2 Å². The molecule has 0 bridgehead atoms. The van der Waals surface area contributed by atoms with Crippen molar-refractivity contribution in [2.24, 2.45) is 5.41 Å². The molecule has 4 aromatic rings. The van der Waals surface area contributed by atoms with Crippen LogP contribution in [-0.2, 0) is 0 Å². The minimum absolute atomic E-state index is 0.0705. The van der Waals surface area contributed by atoms with Gasteiger partial charge in [-0.05, 0) is 73.4 Å². The predicted molar refractivity (Wildman–Crippen MR) is 140 cm³/mol. The monoisotopic (exact) mass is 488 g/mol. The van der Waals surface area contributed by atoms with E-state index in [9.17, 15) is 10.2 Å². The lowest BCUT2D eigenvalue weighted by molar-refractivity contribution is -0.0993. The molecule has 6 rings (SSSR count). The molecule has 1 aliphatic heterocycles. The first-order chi connectivity index (χ1) is 17.4. The first-order valence-corrected chi connectivity index (χ1v) is 13.2. The van der Waals surface area contributed by atoms with E-state index < -0.39 is 0 Å². The number of benzene rings is 1. The SMILES string of the molecule is Cc1cc(-c2cc3[nH]nc(C4CCC(N5CC(CO)(CO)C5)CC4)c3cc2C(C)C)cn2ncnc12. The number of hydrogen-bond donors (Lipinski definition) is 3. The van der Waals surface area contributed by atoms with Crippen molar-refractivity contribution >= 4 is 16.6 Å². The van der Waals surface area contributed by atoms with Gasteiger partial charge in [-0.15, -0.1) is 0 Å². The van der Waals surface area contributed by atoms with Crippen molar-refractivity contribution in [3.05, 3.63) is 47.5 Å². The standard InChI is InChI=1S/C28H36N6O2/c1-17(2)22-9-24-25(10-23(22)20-8-18(3)27-29-16-30-34(27)11-20)31-32-26(24)19-4-6-21(7-5-19)33-12-28(13-33,14-35)15-36/h8-11,16-17,19,21,35-36H,4-7,12-15H2,1-3H3,(H,31,32). The maximum absolute atomic E-state index is 9.62. The zero-order valence-electron chi connectivity index (χ0n) is 21.4. The van der Waals surface area contributed by atoms with Crippen molar-refractivity contribution < 1.29 is 10.2 Å². The second kappa shape index (κ2) is 8.94. The number of aliphatic hydroxyl groups excluding tert-OH is 2. The van der Waals surface area contributed by atoms with Gasteiger partial charge in [0.2, 0.25) is 0 Å². The summed E-state index contributed by atoms with van der Waals surface area (Å²) in [7, 11) is 0. The Labute approximate surface area is 211 Å². The van der Waals surface area contributed by atoms with Crippen LogP contribution < -0.4 is 0 Å².